The second kappa shape index (κ2) is 3.99. The fraction of sp³-hybridized carbons (Fsp3) is 0.250. The Labute approximate surface area is 83.6 Å². The molecule has 0 bridgehead atoms. The molecule has 0 aromatic heterocycles. The Morgan fingerprint density at radius 3 is 2.13 bits per heavy atom. The maximum absolute atomic E-state index is 13.1. The van der Waals surface area contributed by atoms with E-state index in [1.54, 1.807) is 6.92 Å². The Kier molecular flexibility index (Phi) is 2.93. The van der Waals surface area contributed by atoms with Gasteiger partial charge in [-0.1, -0.05) is 6.92 Å². The number of nitro groups is 2. The van der Waals surface area contributed by atoms with E-state index in [9.17, 15) is 24.6 Å². The summed E-state index contributed by atoms with van der Waals surface area (Å²) in [6, 6.07) is 1.48. The summed E-state index contributed by atoms with van der Waals surface area (Å²) < 4.78 is 13.1. The van der Waals surface area contributed by atoms with Crippen LogP contribution in [0.15, 0.2) is 12.1 Å². The number of aryl methyl sites for hydroxylation is 1. The SMILES string of the molecule is CCc1cc(F)c([N+](=O)[O-])cc1[N+](=O)[O-]. The first-order chi connectivity index (χ1) is 6.97. The lowest BCUT2D eigenvalue weighted by Crippen LogP contribution is -1.99. The third kappa shape index (κ3) is 2.06. The minimum atomic E-state index is -1.05. The van der Waals surface area contributed by atoms with Crippen LogP contribution in [0.2, 0.25) is 0 Å². The predicted molar refractivity (Wildman–Crippen MR) is 49.1 cm³/mol. The average Bonchev–Trinajstić information content (AvgIpc) is 2.16. The molecule has 1 aromatic rings. The van der Waals surface area contributed by atoms with Gasteiger partial charge in [0, 0.05) is 5.56 Å². The Bertz CT molecular complexity index is 433. The Hall–Kier alpha value is -2.05. The molecule has 0 aliphatic carbocycles. The molecule has 0 aliphatic rings. The van der Waals surface area contributed by atoms with Crippen LogP contribution in [-0.2, 0) is 6.42 Å². The van der Waals surface area contributed by atoms with Gasteiger partial charge >= 0.3 is 5.69 Å². The van der Waals surface area contributed by atoms with Crippen molar-refractivity contribution in [1.29, 1.82) is 0 Å². The first-order valence-corrected chi connectivity index (χ1v) is 4.08. The van der Waals surface area contributed by atoms with Gasteiger partial charge < -0.3 is 0 Å². The number of halogens is 1. The van der Waals surface area contributed by atoms with Crippen molar-refractivity contribution in [3.63, 3.8) is 0 Å². The van der Waals surface area contributed by atoms with Crippen molar-refractivity contribution in [2.24, 2.45) is 0 Å². The monoisotopic (exact) mass is 214 g/mol. The lowest BCUT2D eigenvalue weighted by atomic mass is 10.1. The molecule has 0 aliphatic heterocycles. The van der Waals surface area contributed by atoms with Gasteiger partial charge in [0.1, 0.15) is 0 Å². The maximum Gasteiger partial charge on any atom is 0.311 e. The molecule has 0 amide bonds. The third-order valence-electron chi connectivity index (χ3n) is 1.92. The predicted octanol–water partition coefficient (Wildman–Crippen LogP) is 2.20. The summed E-state index contributed by atoms with van der Waals surface area (Å²) in [6.45, 7) is 1.60. The zero-order valence-electron chi connectivity index (χ0n) is 7.77. The summed E-state index contributed by atoms with van der Waals surface area (Å²) in [7, 11) is 0. The van der Waals surface area contributed by atoms with E-state index < -0.39 is 27.0 Å². The number of benzene rings is 1. The Morgan fingerprint density at radius 2 is 1.73 bits per heavy atom. The molecule has 0 fully saturated rings. The highest BCUT2D eigenvalue weighted by molar-refractivity contribution is 5.50. The molecule has 0 unspecified atom stereocenters. The standard InChI is InChI=1S/C8H7FN2O4/c1-2-5-3-6(9)8(11(14)15)4-7(5)10(12)13/h3-4H,2H2,1H3. The quantitative estimate of drug-likeness (QED) is 0.570. The van der Waals surface area contributed by atoms with Crippen LogP contribution in [0.3, 0.4) is 0 Å². The van der Waals surface area contributed by atoms with E-state index in [0.717, 1.165) is 6.07 Å². The lowest BCUT2D eigenvalue weighted by molar-refractivity contribution is -0.396. The van der Waals surface area contributed by atoms with Crippen LogP contribution in [0.5, 0.6) is 0 Å². The number of hydrogen-bond donors (Lipinski definition) is 0. The van der Waals surface area contributed by atoms with Crippen molar-refractivity contribution in [3.05, 3.63) is 43.7 Å². The van der Waals surface area contributed by atoms with E-state index in [2.05, 4.69) is 0 Å². The summed E-state index contributed by atoms with van der Waals surface area (Å²) in [5.41, 5.74) is -1.16. The summed E-state index contributed by atoms with van der Waals surface area (Å²) in [5.74, 6) is -1.05. The molecule has 80 valence electrons. The summed E-state index contributed by atoms with van der Waals surface area (Å²) in [5, 5.41) is 20.9. The van der Waals surface area contributed by atoms with Crippen molar-refractivity contribution in [2.45, 2.75) is 13.3 Å². The fourth-order valence-electron chi connectivity index (χ4n) is 1.19. The van der Waals surface area contributed by atoms with Crippen molar-refractivity contribution in [3.8, 4) is 0 Å². The normalized spacial score (nSPS) is 10.0. The molecule has 0 saturated heterocycles. The molecule has 1 rings (SSSR count). The lowest BCUT2D eigenvalue weighted by Gasteiger charge is -2.00. The molecule has 0 spiro atoms. The van der Waals surface area contributed by atoms with Crippen molar-refractivity contribution in [2.75, 3.05) is 0 Å². The molecule has 6 nitrogen and oxygen atoms in total. The zero-order valence-corrected chi connectivity index (χ0v) is 7.77. The van der Waals surface area contributed by atoms with Gasteiger partial charge in [0.15, 0.2) is 0 Å². The van der Waals surface area contributed by atoms with Crippen LogP contribution in [0, 0.1) is 26.0 Å². The number of nitro benzene ring substituents is 2. The molecule has 0 atom stereocenters. The highest BCUT2D eigenvalue weighted by atomic mass is 19.1. The largest absolute Gasteiger partial charge is 0.311 e. The van der Waals surface area contributed by atoms with E-state index in [0.29, 0.717) is 6.07 Å². The highest BCUT2D eigenvalue weighted by Gasteiger charge is 2.23. The van der Waals surface area contributed by atoms with Gasteiger partial charge in [0.2, 0.25) is 5.82 Å². The zero-order chi connectivity index (χ0) is 11.6. The molecular weight excluding hydrogens is 207 g/mol. The molecule has 15 heavy (non-hydrogen) atoms. The van der Waals surface area contributed by atoms with E-state index in [-0.39, 0.29) is 12.0 Å². The van der Waals surface area contributed by atoms with Gasteiger partial charge in [-0.3, -0.25) is 20.2 Å². The molecule has 0 radical (unpaired) electrons. The first kappa shape index (κ1) is 11.0. The maximum atomic E-state index is 13.1. The van der Waals surface area contributed by atoms with Gasteiger partial charge in [0.05, 0.1) is 15.9 Å². The summed E-state index contributed by atoms with van der Waals surface area (Å²) >= 11 is 0. The van der Waals surface area contributed by atoms with Crippen LogP contribution < -0.4 is 0 Å². The minimum absolute atomic E-state index is 0.142. The minimum Gasteiger partial charge on any atom is -0.258 e. The molecule has 7 heteroatoms. The third-order valence-corrected chi connectivity index (χ3v) is 1.92. The van der Waals surface area contributed by atoms with Gasteiger partial charge in [-0.15, -0.1) is 0 Å². The molecular formula is C8H7FN2O4. The van der Waals surface area contributed by atoms with Crippen LogP contribution in [0.4, 0.5) is 15.8 Å². The van der Waals surface area contributed by atoms with Crippen LogP contribution in [0.25, 0.3) is 0 Å². The van der Waals surface area contributed by atoms with E-state index in [4.69, 9.17) is 0 Å². The van der Waals surface area contributed by atoms with Crippen LogP contribution >= 0.6 is 0 Å². The highest BCUT2D eigenvalue weighted by Crippen LogP contribution is 2.27. The topological polar surface area (TPSA) is 86.3 Å². The summed E-state index contributed by atoms with van der Waals surface area (Å²) in [6.07, 6.45) is 0.241. The second-order valence-corrected chi connectivity index (χ2v) is 2.80. The number of rotatable bonds is 3. The van der Waals surface area contributed by atoms with E-state index in [1.807, 2.05) is 0 Å². The molecule has 1 aromatic carbocycles. The number of hydrogen-bond acceptors (Lipinski definition) is 4. The second-order valence-electron chi connectivity index (χ2n) is 2.80. The summed E-state index contributed by atoms with van der Waals surface area (Å²) in [4.78, 5) is 19.1. The van der Waals surface area contributed by atoms with Crippen molar-refractivity contribution >= 4 is 11.4 Å². The van der Waals surface area contributed by atoms with E-state index in [1.165, 1.54) is 0 Å². The first-order valence-electron chi connectivity index (χ1n) is 4.08. The van der Waals surface area contributed by atoms with Crippen molar-refractivity contribution in [1.82, 2.24) is 0 Å². The molecule has 0 saturated carbocycles. The van der Waals surface area contributed by atoms with Crippen molar-refractivity contribution < 1.29 is 14.2 Å². The van der Waals surface area contributed by atoms with Gasteiger partial charge in [0.25, 0.3) is 5.69 Å². The van der Waals surface area contributed by atoms with Crippen LogP contribution in [-0.4, -0.2) is 9.85 Å². The van der Waals surface area contributed by atoms with Crippen LogP contribution in [0.1, 0.15) is 12.5 Å². The van der Waals surface area contributed by atoms with Gasteiger partial charge in [-0.25, -0.2) is 0 Å². The number of nitrogens with zero attached hydrogens (tertiary/aromatic N) is 2. The average molecular weight is 214 g/mol. The fourth-order valence-corrected chi connectivity index (χ4v) is 1.19. The smallest absolute Gasteiger partial charge is 0.258 e. The van der Waals surface area contributed by atoms with E-state index >= 15 is 0 Å². The molecule has 0 heterocycles. The Morgan fingerprint density at radius 1 is 1.20 bits per heavy atom. The van der Waals surface area contributed by atoms with Gasteiger partial charge in [-0.05, 0) is 12.5 Å². The Balaban J connectivity index is 3.43. The van der Waals surface area contributed by atoms with Gasteiger partial charge in [-0.2, -0.15) is 4.39 Å². The molecule has 0 N–H and O–H groups in total.